The maximum absolute atomic E-state index is 11.8. The Kier molecular flexibility index (Phi) is 6.33. The minimum absolute atomic E-state index is 0.355. The molecule has 0 spiro atoms. The first kappa shape index (κ1) is 26.4. The van der Waals surface area contributed by atoms with Crippen LogP contribution in [0.4, 0.5) is 5.82 Å². The Labute approximate surface area is 244 Å². The summed E-state index contributed by atoms with van der Waals surface area (Å²) in [6.45, 7) is 5.44. The van der Waals surface area contributed by atoms with E-state index in [1.165, 1.54) is 6.26 Å². The first-order chi connectivity index (χ1) is 20.3. The van der Waals surface area contributed by atoms with Crippen LogP contribution in [0.3, 0.4) is 0 Å². The van der Waals surface area contributed by atoms with Crippen molar-refractivity contribution in [2.75, 3.05) is 24.2 Å². The molecular formula is C31H30N8O2S. The molecule has 0 saturated carbocycles. The number of benzene rings is 1. The topological polar surface area (TPSA) is 112 Å². The van der Waals surface area contributed by atoms with E-state index in [0.29, 0.717) is 22.5 Å². The van der Waals surface area contributed by atoms with Crippen molar-refractivity contribution < 1.29 is 8.42 Å². The monoisotopic (exact) mass is 578 g/mol. The Morgan fingerprint density at radius 2 is 1.74 bits per heavy atom. The predicted octanol–water partition coefficient (Wildman–Crippen LogP) is 4.02. The fourth-order valence-corrected chi connectivity index (χ4v) is 6.82. The van der Waals surface area contributed by atoms with Gasteiger partial charge in [0, 0.05) is 85.4 Å². The molecule has 10 nitrogen and oxygen atoms in total. The number of aryl methyl sites for hydroxylation is 1. The zero-order valence-electron chi connectivity index (χ0n) is 23.4. The number of fused-ring (bicyclic) bond motifs is 3. The van der Waals surface area contributed by atoms with E-state index in [4.69, 9.17) is 4.98 Å². The zero-order valence-corrected chi connectivity index (χ0v) is 24.2. The van der Waals surface area contributed by atoms with Gasteiger partial charge in [-0.1, -0.05) is 12.1 Å². The van der Waals surface area contributed by atoms with E-state index >= 15 is 0 Å². The number of piperazine rings is 1. The van der Waals surface area contributed by atoms with Crippen LogP contribution in [0.25, 0.3) is 27.8 Å². The summed E-state index contributed by atoms with van der Waals surface area (Å²) < 4.78 is 27.2. The van der Waals surface area contributed by atoms with E-state index in [1.54, 1.807) is 22.8 Å². The van der Waals surface area contributed by atoms with Crippen molar-refractivity contribution in [1.82, 2.24) is 29.3 Å². The van der Waals surface area contributed by atoms with E-state index in [1.807, 2.05) is 41.6 Å². The largest absolute Gasteiger partial charge is 0.353 e. The van der Waals surface area contributed by atoms with Gasteiger partial charge in [0.1, 0.15) is 11.9 Å². The van der Waals surface area contributed by atoms with Gasteiger partial charge in [0.15, 0.2) is 9.84 Å². The minimum atomic E-state index is -3.19. The Morgan fingerprint density at radius 1 is 0.952 bits per heavy atom. The molecule has 0 radical (unpaired) electrons. The van der Waals surface area contributed by atoms with Gasteiger partial charge in [0.25, 0.3) is 0 Å². The van der Waals surface area contributed by atoms with Gasteiger partial charge in [-0.2, -0.15) is 15.5 Å². The minimum Gasteiger partial charge on any atom is -0.353 e. The molecular weight excluding hydrogens is 548 g/mol. The molecule has 3 fully saturated rings. The highest BCUT2D eigenvalue weighted by atomic mass is 32.2. The number of anilines is 1. The molecule has 212 valence electrons. The summed E-state index contributed by atoms with van der Waals surface area (Å²) in [5.74, 6) is 0.941. The van der Waals surface area contributed by atoms with Gasteiger partial charge < -0.3 is 4.90 Å². The lowest BCUT2D eigenvalue weighted by molar-refractivity contribution is -0.00869. The number of hydrogen-bond donors (Lipinski definition) is 0. The first-order valence-corrected chi connectivity index (χ1v) is 15.9. The second-order valence-electron chi connectivity index (χ2n) is 11.1. The molecule has 0 N–H and O–H groups in total. The number of rotatable bonds is 7. The lowest BCUT2D eigenvalue weighted by Crippen LogP contribution is -2.68. The molecule has 2 atom stereocenters. The number of nitriles is 1. The highest BCUT2D eigenvalue weighted by molar-refractivity contribution is 7.90. The van der Waals surface area contributed by atoms with E-state index in [0.717, 1.165) is 71.8 Å². The van der Waals surface area contributed by atoms with Crippen LogP contribution in [-0.4, -0.2) is 69.1 Å². The van der Waals surface area contributed by atoms with Crippen molar-refractivity contribution in [3.05, 3.63) is 84.6 Å². The number of hydrogen-bond acceptors (Lipinski definition) is 8. The summed E-state index contributed by atoms with van der Waals surface area (Å²) in [6, 6.07) is 16.6. The molecule has 8 rings (SSSR count). The van der Waals surface area contributed by atoms with Gasteiger partial charge in [-0.3, -0.25) is 9.58 Å². The lowest BCUT2D eigenvalue weighted by atomic mass is 9.86. The quantitative estimate of drug-likeness (QED) is 0.285. The molecule has 11 heteroatoms. The smallest absolute Gasteiger partial charge is 0.175 e. The van der Waals surface area contributed by atoms with Crippen LogP contribution >= 0.6 is 0 Å². The van der Waals surface area contributed by atoms with Crippen LogP contribution in [0.15, 0.2) is 78.3 Å². The van der Waals surface area contributed by atoms with E-state index < -0.39 is 9.84 Å². The van der Waals surface area contributed by atoms with Crippen LogP contribution in [0.5, 0.6) is 0 Å². The fraction of sp³-hybridized carbons (Fsp3) is 0.290. The Bertz CT molecular complexity index is 1930. The Hall–Kier alpha value is -4.53. The van der Waals surface area contributed by atoms with Gasteiger partial charge in [0.05, 0.1) is 28.4 Å². The third-order valence-electron chi connectivity index (χ3n) is 8.47. The van der Waals surface area contributed by atoms with Gasteiger partial charge in [-0.15, -0.1) is 0 Å². The maximum atomic E-state index is 11.8. The van der Waals surface area contributed by atoms with Gasteiger partial charge in [-0.25, -0.2) is 17.9 Å². The molecule has 0 amide bonds. The molecule has 2 bridgehead atoms. The summed E-state index contributed by atoms with van der Waals surface area (Å²) in [6.07, 6.45) is 11.7. The fourth-order valence-electron chi connectivity index (χ4n) is 6.18. The Morgan fingerprint density at radius 3 is 2.38 bits per heavy atom. The maximum Gasteiger partial charge on any atom is 0.175 e. The number of nitrogens with zero attached hydrogens (tertiary/aromatic N) is 8. The van der Waals surface area contributed by atoms with Gasteiger partial charge in [-0.05, 0) is 49.2 Å². The van der Waals surface area contributed by atoms with Crippen LogP contribution in [0, 0.1) is 11.3 Å². The molecule has 42 heavy (non-hydrogen) atoms. The SMILES string of the molecule is CCn1cc(-c2cc(-c3ccc(N4CC5CC(C4)N5Cc4ccc(S(C)(=O)=O)cc4)nc3)c3c(C#N)cnn3c2)cn1. The highest BCUT2D eigenvalue weighted by Crippen LogP contribution is 2.37. The second-order valence-corrected chi connectivity index (χ2v) is 13.1. The van der Waals surface area contributed by atoms with Gasteiger partial charge in [0.2, 0.25) is 0 Å². The molecule has 2 unspecified atom stereocenters. The van der Waals surface area contributed by atoms with E-state index in [9.17, 15) is 13.7 Å². The molecule has 0 aliphatic carbocycles. The number of piperidine rings is 1. The molecule has 4 aromatic heterocycles. The Balaban J connectivity index is 1.11. The molecule has 3 aliphatic heterocycles. The van der Waals surface area contributed by atoms with Crippen molar-refractivity contribution in [2.45, 2.75) is 43.4 Å². The van der Waals surface area contributed by atoms with Crippen molar-refractivity contribution >= 4 is 21.2 Å². The van der Waals surface area contributed by atoms with Crippen molar-refractivity contribution in [3.63, 3.8) is 0 Å². The number of sulfone groups is 1. The van der Waals surface area contributed by atoms with Crippen molar-refractivity contribution in [1.29, 1.82) is 5.26 Å². The average molecular weight is 579 g/mol. The zero-order chi connectivity index (χ0) is 29.0. The summed E-state index contributed by atoms with van der Waals surface area (Å²) >= 11 is 0. The molecule has 7 heterocycles. The lowest BCUT2D eigenvalue weighted by Gasteiger charge is -2.56. The van der Waals surface area contributed by atoms with E-state index in [-0.39, 0.29) is 0 Å². The summed E-state index contributed by atoms with van der Waals surface area (Å²) in [5.41, 5.74) is 6.19. The summed E-state index contributed by atoms with van der Waals surface area (Å²) in [7, 11) is -3.19. The van der Waals surface area contributed by atoms with Crippen LogP contribution in [0.1, 0.15) is 24.5 Å². The third-order valence-corrected chi connectivity index (χ3v) is 9.60. The normalized spacial score (nSPS) is 18.6. The van der Waals surface area contributed by atoms with E-state index in [2.05, 4.69) is 51.2 Å². The molecule has 5 aromatic rings. The van der Waals surface area contributed by atoms with Crippen LogP contribution in [0.2, 0.25) is 0 Å². The van der Waals surface area contributed by atoms with Gasteiger partial charge >= 0.3 is 0 Å². The van der Waals surface area contributed by atoms with Crippen LogP contribution in [-0.2, 0) is 22.9 Å². The molecule has 1 aromatic carbocycles. The number of aromatic nitrogens is 5. The standard InChI is InChI=1S/C31H30N8O2S/c1-3-37-17-25(15-34-37)23-10-29(31-24(12-32)14-35-39(31)18-23)22-6-9-30(33-13-22)36-19-26-11-27(20-36)38(26)16-21-4-7-28(8-5-21)42(2,40)41/h4-10,13-15,17-18,26-27H,3,11,16,19-20H2,1-2H3. The first-order valence-electron chi connectivity index (χ1n) is 14.0. The summed E-state index contributed by atoms with van der Waals surface area (Å²) in [4.78, 5) is 10.1. The molecule has 3 saturated heterocycles. The highest BCUT2D eigenvalue weighted by Gasteiger charge is 2.44. The number of pyridine rings is 2. The van der Waals surface area contributed by atoms with Crippen molar-refractivity contribution in [3.8, 4) is 28.3 Å². The third kappa shape index (κ3) is 4.62. The summed E-state index contributed by atoms with van der Waals surface area (Å²) in [5, 5.41) is 18.6. The second kappa shape index (κ2) is 10.1. The average Bonchev–Trinajstić information content (AvgIpc) is 3.67. The van der Waals surface area contributed by atoms with Crippen LogP contribution < -0.4 is 4.90 Å². The molecule has 3 aliphatic rings. The van der Waals surface area contributed by atoms with Crippen molar-refractivity contribution in [2.24, 2.45) is 0 Å². The predicted molar refractivity (Wildman–Crippen MR) is 160 cm³/mol.